The Morgan fingerprint density at radius 3 is 2.56 bits per heavy atom. The molecule has 3 heterocycles. The first-order chi connectivity index (χ1) is 19.9. The zero-order valence-corrected chi connectivity index (χ0v) is 23.6. The van der Waals surface area contributed by atoms with E-state index in [0.717, 1.165) is 34.4 Å². The smallest absolute Gasteiger partial charge is 0.357 e. The van der Waals surface area contributed by atoms with E-state index in [1.807, 2.05) is 24.4 Å². The summed E-state index contributed by atoms with van der Waals surface area (Å²) < 4.78 is 11.2. The van der Waals surface area contributed by atoms with Crippen molar-refractivity contribution in [3.63, 3.8) is 0 Å². The second-order valence-corrected chi connectivity index (χ2v) is 10.4. The van der Waals surface area contributed by atoms with Gasteiger partial charge in [-0.3, -0.25) is 9.59 Å². The third-order valence-corrected chi connectivity index (χ3v) is 7.75. The average Bonchev–Trinajstić information content (AvgIpc) is 3.40. The monoisotopic (exact) mass is 570 g/mol. The van der Waals surface area contributed by atoms with Crippen molar-refractivity contribution in [3.8, 4) is 27.3 Å². The number of ether oxygens (including phenoxy) is 2. The van der Waals surface area contributed by atoms with Gasteiger partial charge in [-0.1, -0.05) is 19.1 Å². The zero-order valence-electron chi connectivity index (χ0n) is 22.8. The van der Waals surface area contributed by atoms with E-state index in [4.69, 9.17) is 15.2 Å². The van der Waals surface area contributed by atoms with E-state index < -0.39 is 11.9 Å². The van der Waals surface area contributed by atoms with Crippen molar-refractivity contribution in [1.29, 1.82) is 0 Å². The molecule has 4 aromatic rings. The molecule has 0 saturated carbocycles. The maximum atomic E-state index is 13.9. The number of methoxy groups -OCH3 is 1. The van der Waals surface area contributed by atoms with Gasteiger partial charge >= 0.3 is 5.97 Å². The minimum atomic E-state index is -0.731. The van der Waals surface area contributed by atoms with E-state index in [0.29, 0.717) is 47.8 Å². The second kappa shape index (κ2) is 12.3. The summed E-state index contributed by atoms with van der Waals surface area (Å²) in [5, 5.41) is 7.75. The lowest BCUT2D eigenvalue weighted by Gasteiger charge is -2.17. The van der Waals surface area contributed by atoms with E-state index in [2.05, 4.69) is 21.7 Å². The normalized spacial score (nSPS) is 11.9. The molecule has 9 nitrogen and oxygen atoms in total. The fourth-order valence-corrected chi connectivity index (χ4v) is 5.61. The van der Waals surface area contributed by atoms with Crippen molar-refractivity contribution in [3.05, 3.63) is 88.1 Å². The number of amides is 2. The average molecular weight is 571 g/mol. The summed E-state index contributed by atoms with van der Waals surface area (Å²) in [6.07, 6.45) is 1.48. The molecule has 0 spiro atoms. The highest BCUT2D eigenvalue weighted by atomic mass is 32.1. The number of rotatable bonds is 8. The van der Waals surface area contributed by atoms with Gasteiger partial charge < -0.3 is 25.8 Å². The molecule has 0 atom stereocenters. The molecule has 210 valence electrons. The molecular weight excluding hydrogens is 540 g/mol. The molecule has 0 saturated heterocycles. The van der Waals surface area contributed by atoms with E-state index in [-0.39, 0.29) is 17.3 Å². The fraction of sp³-hybridized carbons (Fsp3) is 0.226. The Morgan fingerprint density at radius 1 is 1.02 bits per heavy atom. The summed E-state index contributed by atoms with van der Waals surface area (Å²) in [6.45, 7) is 3.27. The van der Waals surface area contributed by atoms with E-state index in [1.165, 1.54) is 13.2 Å². The van der Waals surface area contributed by atoms with Crippen molar-refractivity contribution in [2.45, 2.75) is 26.3 Å². The van der Waals surface area contributed by atoms with Crippen LogP contribution >= 0.6 is 11.3 Å². The number of carbonyl (C=O) groups is 3. The molecule has 0 radical (unpaired) electrons. The molecule has 2 aromatic carbocycles. The highest BCUT2D eigenvalue weighted by Gasteiger charge is 2.27. The summed E-state index contributed by atoms with van der Waals surface area (Å²) in [6, 6.07) is 16.0. The Bertz CT molecular complexity index is 1610. The molecule has 2 amide bonds. The number of nitrogens with two attached hydrogens (primary N) is 1. The first kappa shape index (κ1) is 28.0. The highest BCUT2D eigenvalue weighted by molar-refractivity contribution is 7.13. The standard InChI is InChI=1S/C31H30N4O5S/c1-3-12-33-30(37)25-9-8-21(27(35-25)31(38)39-2)22-16-26-24(28-19(10-13-40-26)11-14-41-28)15-23(22)29(36)34-20-6-4-18(17-32)5-7-20/h4-9,11,14-16H,3,10,12-13,17,32H2,1-2H3,(H,33,37)(H,34,36). The van der Waals surface area contributed by atoms with E-state index in [9.17, 15) is 14.4 Å². The van der Waals surface area contributed by atoms with Crippen LogP contribution in [-0.4, -0.2) is 43.0 Å². The van der Waals surface area contributed by atoms with Gasteiger partial charge in [-0.15, -0.1) is 11.3 Å². The predicted octanol–water partition coefficient (Wildman–Crippen LogP) is 5.05. The molecular formula is C31H30N4O5S. The van der Waals surface area contributed by atoms with Gasteiger partial charge in [0.15, 0.2) is 5.69 Å². The number of pyridine rings is 1. The Hall–Kier alpha value is -4.54. The third kappa shape index (κ3) is 5.84. The van der Waals surface area contributed by atoms with Gasteiger partial charge in [0.2, 0.25) is 0 Å². The van der Waals surface area contributed by atoms with Crippen molar-refractivity contribution < 1.29 is 23.9 Å². The minimum absolute atomic E-state index is 0.0721. The number of nitrogens with one attached hydrogen (secondary N) is 2. The molecule has 0 aliphatic carbocycles. The Balaban J connectivity index is 1.66. The van der Waals surface area contributed by atoms with Gasteiger partial charge in [-0.05, 0) is 65.4 Å². The number of hydrogen-bond donors (Lipinski definition) is 3. The fourth-order valence-electron chi connectivity index (χ4n) is 4.63. The Morgan fingerprint density at radius 2 is 1.83 bits per heavy atom. The molecule has 41 heavy (non-hydrogen) atoms. The molecule has 1 aliphatic rings. The molecule has 0 bridgehead atoms. The SMILES string of the molecule is CCCNC(=O)c1ccc(-c2cc3c(cc2C(=O)Nc2ccc(CN)cc2)-c2sccc2CCO3)c(C(=O)OC)n1. The van der Waals surface area contributed by atoms with Crippen LogP contribution in [-0.2, 0) is 17.7 Å². The van der Waals surface area contributed by atoms with Crippen molar-refractivity contribution in [2.75, 3.05) is 25.6 Å². The van der Waals surface area contributed by atoms with Gasteiger partial charge in [-0.2, -0.15) is 0 Å². The number of esters is 1. The van der Waals surface area contributed by atoms with Crippen LogP contribution in [0.25, 0.3) is 21.6 Å². The molecule has 10 heteroatoms. The molecule has 2 aromatic heterocycles. The lowest BCUT2D eigenvalue weighted by atomic mass is 9.93. The molecule has 0 fully saturated rings. The Kier molecular flexibility index (Phi) is 8.42. The molecule has 5 rings (SSSR count). The van der Waals surface area contributed by atoms with Crippen LogP contribution in [0.3, 0.4) is 0 Å². The van der Waals surface area contributed by atoms with Crippen LogP contribution in [0.4, 0.5) is 5.69 Å². The second-order valence-electron chi connectivity index (χ2n) is 9.46. The third-order valence-electron chi connectivity index (χ3n) is 6.76. The zero-order chi connectivity index (χ0) is 28.9. The van der Waals surface area contributed by atoms with E-state index >= 15 is 0 Å². The maximum Gasteiger partial charge on any atom is 0.357 e. The predicted molar refractivity (Wildman–Crippen MR) is 158 cm³/mol. The summed E-state index contributed by atoms with van der Waals surface area (Å²) in [4.78, 5) is 44.8. The summed E-state index contributed by atoms with van der Waals surface area (Å²) in [7, 11) is 1.24. The number of fused-ring (bicyclic) bond motifs is 3. The van der Waals surface area contributed by atoms with Crippen LogP contribution < -0.4 is 21.1 Å². The van der Waals surface area contributed by atoms with E-state index in [1.54, 1.807) is 41.7 Å². The maximum absolute atomic E-state index is 13.9. The van der Waals surface area contributed by atoms with Gasteiger partial charge in [0.05, 0.1) is 13.7 Å². The first-order valence-corrected chi connectivity index (χ1v) is 14.2. The number of benzene rings is 2. The number of nitrogens with zero attached hydrogens (tertiary/aromatic N) is 1. The molecule has 4 N–H and O–H groups in total. The molecule has 0 unspecified atom stereocenters. The quantitative estimate of drug-likeness (QED) is 0.253. The van der Waals surface area contributed by atoms with Crippen LogP contribution in [0.5, 0.6) is 5.75 Å². The Labute approximate surface area is 241 Å². The summed E-state index contributed by atoms with van der Waals surface area (Å²) in [5.41, 5.74) is 10.3. The van der Waals surface area contributed by atoms with Gasteiger partial charge in [0, 0.05) is 52.3 Å². The van der Waals surface area contributed by atoms with Gasteiger partial charge in [0.25, 0.3) is 11.8 Å². The molecule has 1 aliphatic heterocycles. The van der Waals surface area contributed by atoms with Crippen LogP contribution in [0.1, 0.15) is 55.8 Å². The number of hydrogen-bond acceptors (Lipinski definition) is 8. The number of carbonyl (C=O) groups excluding carboxylic acids is 3. The minimum Gasteiger partial charge on any atom is -0.493 e. The van der Waals surface area contributed by atoms with Gasteiger partial charge in [0.1, 0.15) is 11.4 Å². The van der Waals surface area contributed by atoms with Crippen LogP contribution in [0.2, 0.25) is 0 Å². The lowest BCUT2D eigenvalue weighted by molar-refractivity contribution is 0.0594. The summed E-state index contributed by atoms with van der Waals surface area (Å²) in [5.74, 6) is -0.930. The number of anilines is 1. The lowest BCUT2D eigenvalue weighted by Crippen LogP contribution is -2.26. The largest absolute Gasteiger partial charge is 0.493 e. The number of thiophene rings is 1. The number of aromatic nitrogens is 1. The summed E-state index contributed by atoms with van der Waals surface area (Å²) >= 11 is 1.58. The van der Waals surface area contributed by atoms with Gasteiger partial charge in [-0.25, -0.2) is 9.78 Å². The van der Waals surface area contributed by atoms with Crippen LogP contribution in [0.15, 0.2) is 60.0 Å². The highest BCUT2D eigenvalue weighted by Crippen LogP contribution is 2.43. The van der Waals surface area contributed by atoms with Crippen molar-refractivity contribution in [1.82, 2.24) is 10.3 Å². The first-order valence-electron chi connectivity index (χ1n) is 13.3. The van der Waals surface area contributed by atoms with Crippen molar-refractivity contribution >= 4 is 34.8 Å². The van der Waals surface area contributed by atoms with Crippen LogP contribution in [0, 0.1) is 0 Å². The topological polar surface area (TPSA) is 133 Å². The van der Waals surface area contributed by atoms with Crippen molar-refractivity contribution in [2.24, 2.45) is 5.73 Å².